The molecule has 1 aromatic carbocycles. The summed E-state index contributed by atoms with van der Waals surface area (Å²) in [6.45, 7) is 4.30. The molecule has 1 aromatic rings. The number of halogens is 3. The minimum absolute atomic E-state index is 0. The van der Waals surface area contributed by atoms with Gasteiger partial charge in [0, 0.05) is 12.1 Å². The van der Waals surface area contributed by atoms with Gasteiger partial charge in [0.05, 0.1) is 6.42 Å². The molecule has 114 valence electrons. The summed E-state index contributed by atoms with van der Waals surface area (Å²) in [6, 6.07) is 3.45. The highest BCUT2D eigenvalue weighted by Crippen LogP contribution is 2.11. The molecule has 0 saturated carbocycles. The molecule has 1 amide bonds. The largest absolute Gasteiger partial charge is 0.354 e. The van der Waals surface area contributed by atoms with E-state index < -0.39 is 17.2 Å². The molecule has 20 heavy (non-hydrogen) atoms. The van der Waals surface area contributed by atoms with Crippen molar-refractivity contribution >= 4 is 18.3 Å². The Kier molecular flexibility index (Phi) is 7.68. The van der Waals surface area contributed by atoms with Crippen molar-refractivity contribution in [3.8, 4) is 0 Å². The molecule has 0 aliphatic rings. The summed E-state index contributed by atoms with van der Waals surface area (Å²) in [7, 11) is 0. The summed E-state index contributed by atoms with van der Waals surface area (Å²) in [6.07, 6.45) is 1.53. The van der Waals surface area contributed by atoms with Crippen LogP contribution in [0.2, 0.25) is 0 Å². The molecule has 3 N–H and O–H groups in total. The Morgan fingerprint density at radius 2 is 1.85 bits per heavy atom. The van der Waals surface area contributed by atoms with Crippen LogP contribution < -0.4 is 11.1 Å². The van der Waals surface area contributed by atoms with E-state index in [4.69, 9.17) is 5.73 Å². The van der Waals surface area contributed by atoms with Gasteiger partial charge in [-0.1, -0.05) is 19.9 Å². The zero-order valence-electron chi connectivity index (χ0n) is 11.7. The summed E-state index contributed by atoms with van der Waals surface area (Å²) in [4.78, 5) is 11.7. The van der Waals surface area contributed by atoms with Gasteiger partial charge in [-0.2, -0.15) is 0 Å². The normalized spacial score (nSPS) is 10.8. The zero-order chi connectivity index (χ0) is 14.5. The van der Waals surface area contributed by atoms with Gasteiger partial charge >= 0.3 is 0 Å². The minimum atomic E-state index is -0.944. The van der Waals surface area contributed by atoms with Crippen molar-refractivity contribution in [2.45, 2.75) is 38.6 Å². The van der Waals surface area contributed by atoms with Gasteiger partial charge in [0.1, 0.15) is 0 Å². The van der Waals surface area contributed by atoms with Gasteiger partial charge in [0.15, 0.2) is 11.6 Å². The third-order valence-corrected chi connectivity index (χ3v) is 3.39. The van der Waals surface area contributed by atoms with Crippen LogP contribution in [0.4, 0.5) is 8.78 Å². The Morgan fingerprint density at radius 1 is 1.25 bits per heavy atom. The molecule has 0 atom stereocenters. The lowest BCUT2D eigenvalue weighted by atomic mass is 9.94. The van der Waals surface area contributed by atoms with E-state index in [0.717, 1.165) is 25.0 Å². The standard InChI is InChI=1S/C14H20F2N2O.ClH/c1-3-14(17,4-2)9-18-13(19)8-10-5-6-11(15)12(16)7-10;/h5-7H,3-4,8-9,17H2,1-2H3,(H,18,19);1H. The first-order valence-corrected chi connectivity index (χ1v) is 6.39. The summed E-state index contributed by atoms with van der Waals surface area (Å²) in [5, 5.41) is 2.73. The van der Waals surface area contributed by atoms with Crippen LogP contribution in [0.5, 0.6) is 0 Å². The van der Waals surface area contributed by atoms with Crippen molar-refractivity contribution in [2.24, 2.45) is 5.73 Å². The highest BCUT2D eigenvalue weighted by Gasteiger charge is 2.20. The van der Waals surface area contributed by atoms with E-state index in [9.17, 15) is 13.6 Å². The van der Waals surface area contributed by atoms with Crippen molar-refractivity contribution in [3.05, 3.63) is 35.4 Å². The van der Waals surface area contributed by atoms with E-state index in [0.29, 0.717) is 12.1 Å². The van der Waals surface area contributed by atoms with Gasteiger partial charge in [0.2, 0.25) is 5.91 Å². The Labute approximate surface area is 124 Å². The number of hydrogen-bond acceptors (Lipinski definition) is 2. The molecular formula is C14H21ClF2N2O. The van der Waals surface area contributed by atoms with Crippen molar-refractivity contribution in [1.82, 2.24) is 5.32 Å². The second-order valence-corrected chi connectivity index (χ2v) is 4.77. The predicted molar refractivity (Wildman–Crippen MR) is 77.8 cm³/mol. The van der Waals surface area contributed by atoms with Crippen LogP contribution in [0.25, 0.3) is 0 Å². The molecule has 0 aliphatic heterocycles. The van der Waals surface area contributed by atoms with Gasteiger partial charge in [-0.3, -0.25) is 4.79 Å². The molecule has 0 radical (unpaired) electrons. The smallest absolute Gasteiger partial charge is 0.224 e. The average Bonchev–Trinajstić information content (AvgIpc) is 2.40. The average molecular weight is 307 g/mol. The van der Waals surface area contributed by atoms with Crippen LogP contribution in [-0.2, 0) is 11.2 Å². The first-order chi connectivity index (χ1) is 8.90. The summed E-state index contributed by atoms with van der Waals surface area (Å²) >= 11 is 0. The zero-order valence-corrected chi connectivity index (χ0v) is 12.5. The molecule has 0 aromatic heterocycles. The first-order valence-electron chi connectivity index (χ1n) is 6.39. The molecule has 0 heterocycles. The maximum absolute atomic E-state index is 13.0. The summed E-state index contributed by atoms with van der Waals surface area (Å²) in [5.74, 6) is -2.11. The summed E-state index contributed by atoms with van der Waals surface area (Å²) in [5.41, 5.74) is 6.08. The first kappa shape index (κ1) is 18.8. The fraction of sp³-hybridized carbons (Fsp3) is 0.500. The topological polar surface area (TPSA) is 55.1 Å². The van der Waals surface area contributed by atoms with E-state index in [2.05, 4.69) is 5.32 Å². The molecule has 3 nitrogen and oxygen atoms in total. The van der Waals surface area contributed by atoms with E-state index in [1.807, 2.05) is 13.8 Å². The Balaban J connectivity index is 0.00000361. The fourth-order valence-electron chi connectivity index (χ4n) is 1.67. The monoisotopic (exact) mass is 306 g/mol. The Bertz CT molecular complexity index is 451. The molecule has 0 unspecified atom stereocenters. The lowest BCUT2D eigenvalue weighted by Gasteiger charge is -2.26. The quantitative estimate of drug-likeness (QED) is 0.848. The van der Waals surface area contributed by atoms with Crippen LogP contribution >= 0.6 is 12.4 Å². The molecule has 0 aliphatic carbocycles. The molecular weight excluding hydrogens is 286 g/mol. The molecule has 0 bridgehead atoms. The van der Waals surface area contributed by atoms with Gasteiger partial charge < -0.3 is 11.1 Å². The Hall–Kier alpha value is -1.20. The lowest BCUT2D eigenvalue weighted by molar-refractivity contribution is -0.120. The SMILES string of the molecule is CCC(N)(CC)CNC(=O)Cc1ccc(F)c(F)c1.Cl. The predicted octanol–water partition coefficient (Wildman–Crippen LogP) is 2.56. The Morgan fingerprint density at radius 3 is 2.35 bits per heavy atom. The molecule has 0 spiro atoms. The van der Waals surface area contributed by atoms with Crippen LogP contribution in [0.1, 0.15) is 32.3 Å². The third kappa shape index (κ3) is 5.43. The summed E-state index contributed by atoms with van der Waals surface area (Å²) < 4.78 is 25.7. The number of hydrogen-bond donors (Lipinski definition) is 2. The van der Waals surface area contributed by atoms with Crippen LogP contribution in [0, 0.1) is 11.6 Å². The number of nitrogens with one attached hydrogen (secondary N) is 1. The molecule has 1 rings (SSSR count). The van der Waals surface area contributed by atoms with Gasteiger partial charge in [-0.05, 0) is 30.5 Å². The number of carbonyl (C=O) groups is 1. The molecule has 0 fully saturated rings. The molecule has 6 heteroatoms. The maximum Gasteiger partial charge on any atom is 0.224 e. The van der Waals surface area contributed by atoms with Gasteiger partial charge in [-0.15, -0.1) is 12.4 Å². The second kappa shape index (κ2) is 8.17. The van der Waals surface area contributed by atoms with E-state index in [1.165, 1.54) is 6.07 Å². The number of carbonyl (C=O) groups excluding carboxylic acids is 1. The molecule has 0 saturated heterocycles. The number of rotatable bonds is 6. The van der Waals surface area contributed by atoms with E-state index >= 15 is 0 Å². The van der Waals surface area contributed by atoms with Crippen LogP contribution in [-0.4, -0.2) is 18.0 Å². The third-order valence-electron chi connectivity index (χ3n) is 3.39. The van der Waals surface area contributed by atoms with Gasteiger partial charge in [0.25, 0.3) is 0 Å². The number of amides is 1. The maximum atomic E-state index is 13.0. The number of nitrogens with two attached hydrogens (primary N) is 1. The second-order valence-electron chi connectivity index (χ2n) is 4.77. The lowest BCUT2D eigenvalue weighted by Crippen LogP contribution is -2.49. The number of benzene rings is 1. The van der Waals surface area contributed by atoms with Crippen LogP contribution in [0.15, 0.2) is 18.2 Å². The minimum Gasteiger partial charge on any atom is -0.354 e. The van der Waals surface area contributed by atoms with Crippen molar-refractivity contribution in [1.29, 1.82) is 0 Å². The van der Waals surface area contributed by atoms with E-state index in [1.54, 1.807) is 0 Å². The fourth-order valence-corrected chi connectivity index (χ4v) is 1.67. The van der Waals surface area contributed by atoms with Crippen molar-refractivity contribution in [3.63, 3.8) is 0 Å². The van der Waals surface area contributed by atoms with Crippen molar-refractivity contribution in [2.75, 3.05) is 6.54 Å². The van der Waals surface area contributed by atoms with E-state index in [-0.39, 0.29) is 24.7 Å². The van der Waals surface area contributed by atoms with Gasteiger partial charge in [-0.25, -0.2) is 8.78 Å². The highest BCUT2D eigenvalue weighted by molar-refractivity contribution is 5.85. The highest BCUT2D eigenvalue weighted by atomic mass is 35.5. The van der Waals surface area contributed by atoms with Crippen LogP contribution in [0.3, 0.4) is 0 Å². The van der Waals surface area contributed by atoms with Crippen molar-refractivity contribution < 1.29 is 13.6 Å².